The van der Waals surface area contributed by atoms with E-state index in [9.17, 15) is 18.0 Å². The number of nitrogens with zero attached hydrogens (tertiary/aromatic N) is 2. The van der Waals surface area contributed by atoms with Crippen molar-refractivity contribution in [3.05, 3.63) is 52.0 Å². The minimum atomic E-state index is -3.96. The maximum absolute atomic E-state index is 14.0. The van der Waals surface area contributed by atoms with E-state index in [1.54, 1.807) is 30.3 Å². The van der Waals surface area contributed by atoms with E-state index >= 15 is 0 Å². The maximum atomic E-state index is 14.0. The molecule has 2 aromatic carbocycles. The van der Waals surface area contributed by atoms with Crippen LogP contribution in [0.3, 0.4) is 0 Å². The van der Waals surface area contributed by atoms with Gasteiger partial charge < -0.3 is 19.7 Å². The van der Waals surface area contributed by atoms with Crippen LogP contribution in [-0.4, -0.2) is 64.2 Å². The summed E-state index contributed by atoms with van der Waals surface area (Å²) in [7, 11) is -1.10. The molecule has 3 rings (SSSR count). The van der Waals surface area contributed by atoms with Crippen LogP contribution in [0.2, 0.25) is 10.0 Å². The van der Waals surface area contributed by atoms with Crippen molar-refractivity contribution in [1.82, 2.24) is 10.2 Å². The Morgan fingerprint density at radius 1 is 1.08 bits per heavy atom. The highest BCUT2D eigenvalue weighted by molar-refractivity contribution is 7.92. The molecule has 1 atom stereocenters. The Kier molecular flexibility index (Phi) is 10.7. The largest absolute Gasteiger partial charge is 0.497 e. The summed E-state index contributed by atoms with van der Waals surface area (Å²) in [6.45, 7) is 1.22. The number of methoxy groups -OCH3 is 2. The molecule has 0 aliphatic heterocycles. The average molecular weight is 601 g/mol. The third kappa shape index (κ3) is 7.93. The van der Waals surface area contributed by atoms with Crippen LogP contribution in [0.4, 0.5) is 5.69 Å². The standard InChI is InChI=1S/C27H35Cl2N3O6S/c1-5-23(27(34)30-20-8-6-7-9-20)31(16-18-10-11-19(28)14-22(18)29)26(33)17-32(39(4,35)36)24-15-21(37-2)12-13-25(24)38-3/h10-15,20,23H,5-9,16-17H2,1-4H3,(H,30,34)/t23-/m0/s1. The topological polar surface area (TPSA) is 105 Å². The van der Waals surface area contributed by atoms with Crippen molar-refractivity contribution in [3.63, 3.8) is 0 Å². The zero-order valence-corrected chi connectivity index (χ0v) is 24.9. The first-order valence-corrected chi connectivity index (χ1v) is 15.3. The third-order valence-electron chi connectivity index (χ3n) is 6.78. The van der Waals surface area contributed by atoms with Gasteiger partial charge in [0.25, 0.3) is 0 Å². The van der Waals surface area contributed by atoms with E-state index in [0.717, 1.165) is 36.2 Å². The number of rotatable bonds is 12. The van der Waals surface area contributed by atoms with Crippen LogP contribution in [0.15, 0.2) is 36.4 Å². The summed E-state index contributed by atoms with van der Waals surface area (Å²) < 4.78 is 37.5. The predicted molar refractivity (Wildman–Crippen MR) is 153 cm³/mol. The highest BCUT2D eigenvalue weighted by Crippen LogP contribution is 2.34. The molecule has 1 saturated carbocycles. The zero-order valence-electron chi connectivity index (χ0n) is 22.6. The Labute approximate surface area is 240 Å². The van der Waals surface area contributed by atoms with Crippen molar-refractivity contribution in [3.8, 4) is 11.5 Å². The lowest BCUT2D eigenvalue weighted by Gasteiger charge is -2.34. The van der Waals surface area contributed by atoms with Gasteiger partial charge in [-0.25, -0.2) is 8.42 Å². The van der Waals surface area contributed by atoms with Gasteiger partial charge in [0.2, 0.25) is 21.8 Å². The fourth-order valence-electron chi connectivity index (χ4n) is 4.71. The first kappa shape index (κ1) is 30.8. The smallest absolute Gasteiger partial charge is 0.244 e. The van der Waals surface area contributed by atoms with E-state index in [1.165, 1.54) is 25.2 Å². The van der Waals surface area contributed by atoms with Crippen molar-refractivity contribution < 1.29 is 27.5 Å². The van der Waals surface area contributed by atoms with Crippen molar-refractivity contribution in [2.24, 2.45) is 0 Å². The minimum absolute atomic E-state index is 0.0156. The monoisotopic (exact) mass is 599 g/mol. The molecule has 0 spiro atoms. The summed E-state index contributed by atoms with van der Waals surface area (Å²) in [4.78, 5) is 28.7. The van der Waals surface area contributed by atoms with Crippen LogP contribution >= 0.6 is 23.2 Å². The molecule has 1 aliphatic carbocycles. The van der Waals surface area contributed by atoms with Crippen LogP contribution in [0.25, 0.3) is 0 Å². The molecule has 0 saturated heterocycles. The molecule has 0 aromatic heterocycles. The van der Waals surface area contributed by atoms with Crippen molar-refractivity contribution in [2.45, 2.75) is 57.7 Å². The maximum Gasteiger partial charge on any atom is 0.244 e. The number of sulfonamides is 1. The molecular weight excluding hydrogens is 565 g/mol. The number of anilines is 1. The van der Waals surface area contributed by atoms with Gasteiger partial charge >= 0.3 is 0 Å². The Bertz CT molecular complexity index is 1280. The molecule has 1 aliphatic rings. The normalized spacial score (nSPS) is 14.5. The second-order valence-electron chi connectivity index (χ2n) is 9.48. The fourth-order valence-corrected chi connectivity index (χ4v) is 6.02. The molecule has 1 fully saturated rings. The first-order chi connectivity index (χ1) is 18.5. The summed E-state index contributed by atoms with van der Waals surface area (Å²) in [6, 6.07) is 8.77. The van der Waals surface area contributed by atoms with Gasteiger partial charge in [0, 0.05) is 28.7 Å². The molecule has 2 amide bonds. The molecular formula is C27H35Cl2N3O6S. The lowest BCUT2D eigenvalue weighted by atomic mass is 10.1. The number of benzene rings is 2. The number of amides is 2. The molecule has 12 heteroatoms. The van der Waals surface area contributed by atoms with Gasteiger partial charge in [-0.15, -0.1) is 0 Å². The highest BCUT2D eigenvalue weighted by Gasteiger charge is 2.34. The summed E-state index contributed by atoms with van der Waals surface area (Å²) in [5.74, 6) is -0.233. The molecule has 0 heterocycles. The second-order valence-corrected chi connectivity index (χ2v) is 12.2. The van der Waals surface area contributed by atoms with E-state index in [1.807, 2.05) is 6.92 Å². The van der Waals surface area contributed by atoms with E-state index in [0.29, 0.717) is 27.8 Å². The molecule has 0 radical (unpaired) electrons. The quantitative estimate of drug-likeness (QED) is 0.381. The lowest BCUT2D eigenvalue weighted by molar-refractivity contribution is -0.140. The number of carbonyl (C=O) groups is 2. The van der Waals surface area contributed by atoms with Gasteiger partial charge in [0.1, 0.15) is 24.1 Å². The minimum Gasteiger partial charge on any atom is -0.497 e. The Hall–Kier alpha value is -2.69. The average Bonchev–Trinajstić information content (AvgIpc) is 3.40. The van der Waals surface area contributed by atoms with Gasteiger partial charge in [-0.05, 0) is 49.1 Å². The Morgan fingerprint density at radius 2 is 1.77 bits per heavy atom. The van der Waals surface area contributed by atoms with Crippen LogP contribution in [0.1, 0.15) is 44.6 Å². The van der Waals surface area contributed by atoms with Crippen LogP contribution < -0.4 is 19.1 Å². The number of carbonyl (C=O) groups excluding carboxylic acids is 2. The summed E-state index contributed by atoms with van der Waals surface area (Å²) >= 11 is 12.5. The van der Waals surface area contributed by atoms with Crippen molar-refractivity contribution in [2.75, 3.05) is 31.3 Å². The number of hydrogen-bond donors (Lipinski definition) is 1. The van der Waals surface area contributed by atoms with E-state index in [2.05, 4.69) is 5.32 Å². The van der Waals surface area contributed by atoms with Crippen LogP contribution in [0.5, 0.6) is 11.5 Å². The number of ether oxygens (including phenoxy) is 2. The van der Waals surface area contributed by atoms with Gasteiger partial charge in [0.15, 0.2) is 0 Å². The second kappa shape index (κ2) is 13.6. The van der Waals surface area contributed by atoms with Crippen molar-refractivity contribution in [1.29, 1.82) is 0 Å². The molecule has 2 aromatic rings. The number of halogens is 2. The molecule has 39 heavy (non-hydrogen) atoms. The lowest BCUT2D eigenvalue weighted by Crippen LogP contribution is -2.53. The first-order valence-electron chi connectivity index (χ1n) is 12.7. The molecule has 0 unspecified atom stereocenters. The van der Waals surface area contributed by atoms with E-state index in [4.69, 9.17) is 32.7 Å². The van der Waals surface area contributed by atoms with E-state index < -0.39 is 28.5 Å². The fraction of sp³-hybridized carbons (Fsp3) is 0.481. The Balaban J connectivity index is 2.01. The predicted octanol–water partition coefficient (Wildman–Crippen LogP) is 4.64. The number of hydrogen-bond acceptors (Lipinski definition) is 6. The summed E-state index contributed by atoms with van der Waals surface area (Å²) in [5, 5.41) is 3.83. The van der Waals surface area contributed by atoms with Crippen LogP contribution in [0, 0.1) is 0 Å². The Morgan fingerprint density at radius 3 is 2.33 bits per heavy atom. The molecule has 9 nitrogen and oxygen atoms in total. The zero-order chi connectivity index (χ0) is 28.7. The highest BCUT2D eigenvalue weighted by atomic mass is 35.5. The van der Waals surface area contributed by atoms with Gasteiger partial charge in [0.05, 0.1) is 26.2 Å². The van der Waals surface area contributed by atoms with Gasteiger partial charge in [-0.2, -0.15) is 0 Å². The van der Waals surface area contributed by atoms with Crippen molar-refractivity contribution >= 4 is 50.7 Å². The summed E-state index contributed by atoms with van der Waals surface area (Å²) in [5.41, 5.74) is 0.715. The van der Waals surface area contributed by atoms with Gasteiger partial charge in [-0.3, -0.25) is 13.9 Å². The third-order valence-corrected chi connectivity index (χ3v) is 8.49. The van der Waals surface area contributed by atoms with Gasteiger partial charge in [-0.1, -0.05) is 49.0 Å². The molecule has 214 valence electrons. The molecule has 0 bridgehead atoms. The molecule has 1 N–H and O–H groups in total. The SMILES string of the molecule is CC[C@@H](C(=O)NC1CCCC1)N(Cc1ccc(Cl)cc1Cl)C(=O)CN(c1cc(OC)ccc1OC)S(C)(=O)=O. The van der Waals surface area contributed by atoms with E-state index in [-0.39, 0.29) is 29.9 Å². The van der Waals surface area contributed by atoms with Crippen LogP contribution in [-0.2, 0) is 26.2 Å². The summed E-state index contributed by atoms with van der Waals surface area (Å²) in [6.07, 6.45) is 5.17. The number of nitrogens with one attached hydrogen (secondary N) is 1.